The van der Waals surface area contributed by atoms with Gasteiger partial charge in [0, 0.05) is 11.1 Å². The molecule has 0 aliphatic rings. The van der Waals surface area contributed by atoms with Gasteiger partial charge in [0.2, 0.25) is 0 Å². The predicted octanol–water partition coefficient (Wildman–Crippen LogP) is 6.12. The molecule has 160 valence electrons. The number of rotatable bonds is 8. The highest BCUT2D eigenvalue weighted by Crippen LogP contribution is 2.34. The van der Waals surface area contributed by atoms with Crippen LogP contribution in [0.4, 0.5) is 0 Å². The fraction of sp³-hybridized carbons (Fsp3) is 0.259. The number of aromatic hydroxyl groups is 2. The van der Waals surface area contributed by atoms with Gasteiger partial charge in [0.1, 0.15) is 11.5 Å². The van der Waals surface area contributed by atoms with Gasteiger partial charge in [-0.1, -0.05) is 67.8 Å². The Labute approximate surface area is 182 Å². The second-order valence-corrected chi connectivity index (χ2v) is 8.19. The Morgan fingerprint density at radius 1 is 0.516 bits per heavy atom. The van der Waals surface area contributed by atoms with Crippen molar-refractivity contribution < 1.29 is 20.4 Å². The van der Waals surface area contributed by atoms with Crippen molar-refractivity contribution in [1.29, 1.82) is 0 Å². The zero-order valence-electron chi connectivity index (χ0n) is 17.4. The summed E-state index contributed by atoms with van der Waals surface area (Å²) in [6, 6.07) is 22.6. The van der Waals surface area contributed by atoms with Crippen molar-refractivity contribution in [1.82, 2.24) is 0 Å². The van der Waals surface area contributed by atoms with Gasteiger partial charge >= 0.3 is 0 Å². The molecule has 4 rings (SSSR count). The van der Waals surface area contributed by atoms with Gasteiger partial charge < -0.3 is 20.4 Å². The number of fused-ring (bicyclic) bond motifs is 2. The molecule has 0 saturated carbocycles. The summed E-state index contributed by atoms with van der Waals surface area (Å²) in [6.45, 7) is 0. The summed E-state index contributed by atoms with van der Waals surface area (Å²) in [4.78, 5) is 0. The Morgan fingerprint density at radius 3 is 1.26 bits per heavy atom. The van der Waals surface area contributed by atoms with Crippen LogP contribution in [0.3, 0.4) is 0 Å². The maximum Gasteiger partial charge on any atom is 0.122 e. The minimum atomic E-state index is -0.723. The number of aliphatic hydroxyl groups is 2. The number of phenolic OH excluding ortho intramolecular Hbond substituents is 2. The summed E-state index contributed by atoms with van der Waals surface area (Å²) in [5.74, 6) is 0.238. The minimum absolute atomic E-state index is 0.119. The Kier molecular flexibility index (Phi) is 6.40. The summed E-state index contributed by atoms with van der Waals surface area (Å²) < 4.78 is 0. The predicted molar refractivity (Wildman–Crippen MR) is 124 cm³/mol. The van der Waals surface area contributed by atoms with E-state index < -0.39 is 12.2 Å². The van der Waals surface area contributed by atoms with E-state index >= 15 is 0 Å². The lowest BCUT2D eigenvalue weighted by molar-refractivity contribution is 0.151. The normalized spacial score (nSPS) is 13.5. The summed E-state index contributed by atoms with van der Waals surface area (Å²) in [6.07, 6.45) is 2.05. The lowest BCUT2D eigenvalue weighted by Crippen LogP contribution is -2.00. The van der Waals surface area contributed by atoms with Gasteiger partial charge in [-0.05, 0) is 58.7 Å². The molecule has 4 heteroatoms. The molecule has 31 heavy (non-hydrogen) atoms. The van der Waals surface area contributed by atoms with Gasteiger partial charge in [-0.3, -0.25) is 0 Å². The van der Waals surface area contributed by atoms with Gasteiger partial charge in [-0.2, -0.15) is 0 Å². The number of hydrogen-bond donors (Lipinski definition) is 4. The van der Waals surface area contributed by atoms with E-state index in [-0.39, 0.29) is 11.5 Å². The first-order valence-electron chi connectivity index (χ1n) is 10.8. The first kappa shape index (κ1) is 21.2. The molecule has 4 N–H and O–H groups in total. The third kappa shape index (κ3) is 4.82. The lowest BCUT2D eigenvalue weighted by Gasteiger charge is -2.15. The van der Waals surface area contributed by atoms with Gasteiger partial charge in [0.15, 0.2) is 0 Å². The highest BCUT2D eigenvalue weighted by atomic mass is 16.3. The Morgan fingerprint density at radius 2 is 0.871 bits per heavy atom. The van der Waals surface area contributed by atoms with Crippen LogP contribution in [0.15, 0.2) is 72.8 Å². The van der Waals surface area contributed by atoms with Gasteiger partial charge in [-0.15, -0.1) is 0 Å². The Balaban J connectivity index is 1.29. The summed E-state index contributed by atoms with van der Waals surface area (Å²) in [5.41, 5.74) is 1.11. The molecule has 4 nitrogen and oxygen atoms in total. The van der Waals surface area contributed by atoms with Crippen molar-refractivity contribution in [2.45, 2.75) is 44.3 Å². The van der Waals surface area contributed by atoms with Crippen LogP contribution < -0.4 is 0 Å². The average molecular weight is 417 g/mol. The second-order valence-electron chi connectivity index (χ2n) is 8.19. The third-order valence-electron chi connectivity index (χ3n) is 5.96. The van der Waals surface area contributed by atoms with E-state index in [4.69, 9.17) is 0 Å². The number of phenols is 2. The monoisotopic (exact) mass is 416 g/mol. The molecule has 0 spiro atoms. The number of benzene rings is 4. The van der Waals surface area contributed by atoms with Crippen LogP contribution in [0.5, 0.6) is 11.5 Å². The highest BCUT2D eigenvalue weighted by molar-refractivity contribution is 5.85. The van der Waals surface area contributed by atoms with E-state index in [9.17, 15) is 20.4 Å². The van der Waals surface area contributed by atoms with Crippen LogP contribution in [0.2, 0.25) is 0 Å². The fourth-order valence-electron chi connectivity index (χ4n) is 4.19. The molecule has 4 aromatic carbocycles. The molecule has 0 radical (unpaired) electrons. The second kappa shape index (κ2) is 9.38. The van der Waals surface area contributed by atoms with Crippen molar-refractivity contribution in [2.24, 2.45) is 0 Å². The Bertz CT molecular complexity index is 1090. The zero-order valence-corrected chi connectivity index (χ0v) is 17.4. The molecule has 0 bridgehead atoms. The quantitative estimate of drug-likeness (QED) is 0.261. The minimum Gasteiger partial charge on any atom is -0.508 e. The highest BCUT2D eigenvalue weighted by Gasteiger charge is 2.15. The fourth-order valence-corrected chi connectivity index (χ4v) is 4.19. The van der Waals surface area contributed by atoms with Crippen LogP contribution in [0, 0.1) is 0 Å². The molecule has 2 atom stereocenters. The maximum atomic E-state index is 10.5. The first-order valence-corrected chi connectivity index (χ1v) is 10.8. The van der Waals surface area contributed by atoms with E-state index in [0.29, 0.717) is 24.0 Å². The molecule has 0 amide bonds. The van der Waals surface area contributed by atoms with Gasteiger partial charge in [0.25, 0.3) is 0 Å². The van der Waals surface area contributed by atoms with E-state index in [0.717, 1.165) is 40.8 Å². The number of hydrogen-bond acceptors (Lipinski definition) is 4. The third-order valence-corrected chi connectivity index (χ3v) is 5.96. The molecular formula is C27H28O4. The van der Waals surface area contributed by atoms with Crippen LogP contribution in [0.1, 0.15) is 55.4 Å². The SMILES string of the molecule is Oc1cc2ccccc2cc1C(O)CCCCCC(O)c1cc2ccccc2cc1O. The summed E-state index contributed by atoms with van der Waals surface area (Å²) in [5, 5.41) is 45.5. The van der Waals surface area contributed by atoms with Crippen LogP contribution in [-0.2, 0) is 0 Å². The zero-order chi connectivity index (χ0) is 21.8. The van der Waals surface area contributed by atoms with Crippen LogP contribution >= 0.6 is 0 Å². The van der Waals surface area contributed by atoms with E-state index in [2.05, 4.69) is 0 Å². The maximum absolute atomic E-state index is 10.5. The molecule has 0 saturated heterocycles. The van der Waals surface area contributed by atoms with Crippen molar-refractivity contribution in [3.8, 4) is 11.5 Å². The molecule has 0 fully saturated rings. The van der Waals surface area contributed by atoms with Crippen LogP contribution in [-0.4, -0.2) is 20.4 Å². The van der Waals surface area contributed by atoms with Crippen molar-refractivity contribution in [3.63, 3.8) is 0 Å². The van der Waals surface area contributed by atoms with Gasteiger partial charge in [0.05, 0.1) is 12.2 Å². The van der Waals surface area contributed by atoms with Crippen molar-refractivity contribution in [2.75, 3.05) is 0 Å². The summed E-state index contributed by atoms with van der Waals surface area (Å²) >= 11 is 0. The van der Waals surface area contributed by atoms with Crippen LogP contribution in [0.25, 0.3) is 21.5 Å². The van der Waals surface area contributed by atoms with Gasteiger partial charge in [-0.25, -0.2) is 0 Å². The molecule has 0 aliphatic heterocycles. The molecule has 0 heterocycles. The number of aliphatic hydroxyl groups excluding tert-OH is 2. The molecule has 0 aromatic heterocycles. The largest absolute Gasteiger partial charge is 0.508 e. The average Bonchev–Trinajstić information content (AvgIpc) is 2.77. The van der Waals surface area contributed by atoms with Crippen molar-refractivity contribution in [3.05, 3.63) is 83.9 Å². The van der Waals surface area contributed by atoms with Crippen molar-refractivity contribution >= 4 is 21.5 Å². The Hall–Kier alpha value is -3.08. The molecule has 0 aliphatic carbocycles. The van der Waals surface area contributed by atoms with E-state index in [1.54, 1.807) is 12.1 Å². The van der Waals surface area contributed by atoms with E-state index in [1.807, 2.05) is 60.7 Å². The molecule has 4 aromatic rings. The lowest BCUT2D eigenvalue weighted by atomic mass is 9.96. The topological polar surface area (TPSA) is 80.9 Å². The summed E-state index contributed by atoms with van der Waals surface area (Å²) in [7, 11) is 0. The molecule has 2 unspecified atom stereocenters. The standard InChI is InChI=1S/C27H28O4/c28-24(22-14-18-8-4-6-10-20(18)16-26(22)30)12-2-1-3-13-25(29)23-15-19-9-5-7-11-21(19)17-27(23)31/h4-11,14-17,24-25,28-31H,1-3,12-13H2. The number of unbranched alkanes of at least 4 members (excludes halogenated alkanes) is 2. The van der Waals surface area contributed by atoms with E-state index in [1.165, 1.54) is 0 Å². The first-order chi connectivity index (χ1) is 15.0. The smallest absolute Gasteiger partial charge is 0.122 e. The molecular weight excluding hydrogens is 388 g/mol.